The Morgan fingerprint density at radius 2 is 2.00 bits per heavy atom. The van der Waals surface area contributed by atoms with Gasteiger partial charge < -0.3 is 5.32 Å². The molecule has 0 unspecified atom stereocenters. The van der Waals surface area contributed by atoms with Gasteiger partial charge in [0.1, 0.15) is 0 Å². The first kappa shape index (κ1) is 13.1. The highest BCUT2D eigenvalue weighted by molar-refractivity contribution is 7.99. The molecule has 86 valence electrons. The normalized spacial score (nSPS) is 12.0. The lowest BCUT2D eigenvalue weighted by atomic mass is 10.2. The van der Waals surface area contributed by atoms with E-state index in [4.69, 9.17) is 0 Å². The Morgan fingerprint density at radius 3 is 2.53 bits per heavy atom. The highest BCUT2D eigenvalue weighted by Gasteiger charge is 2.14. The summed E-state index contributed by atoms with van der Waals surface area (Å²) in [6, 6.07) is 4.48. The average Bonchev–Trinajstić information content (AvgIpc) is 2.66. The second kappa shape index (κ2) is 5.92. The summed E-state index contributed by atoms with van der Waals surface area (Å²) in [6.45, 7) is 8.83. The van der Waals surface area contributed by atoms with Crippen LogP contribution < -0.4 is 5.32 Å². The maximum atomic E-state index is 3.52. The van der Waals surface area contributed by atoms with Crippen LogP contribution in [0.15, 0.2) is 12.1 Å². The van der Waals surface area contributed by atoms with Gasteiger partial charge in [-0.2, -0.15) is 11.8 Å². The lowest BCUT2D eigenvalue weighted by molar-refractivity contribution is 0.594. The zero-order chi connectivity index (χ0) is 11.3. The molecule has 0 aliphatic rings. The Balaban J connectivity index is 2.31. The van der Waals surface area contributed by atoms with Crippen molar-refractivity contribution in [2.75, 3.05) is 12.8 Å². The van der Waals surface area contributed by atoms with Crippen LogP contribution in [0.25, 0.3) is 0 Å². The van der Waals surface area contributed by atoms with Gasteiger partial charge in [0, 0.05) is 27.6 Å². The van der Waals surface area contributed by atoms with Gasteiger partial charge in [0.15, 0.2) is 0 Å². The van der Waals surface area contributed by atoms with E-state index in [0.717, 1.165) is 19.5 Å². The van der Waals surface area contributed by atoms with Gasteiger partial charge in [-0.15, -0.1) is 11.3 Å². The largest absolute Gasteiger partial charge is 0.310 e. The van der Waals surface area contributed by atoms with Crippen molar-refractivity contribution >= 4 is 23.1 Å². The van der Waals surface area contributed by atoms with Crippen LogP contribution in [0.2, 0.25) is 0 Å². The molecule has 1 aromatic heterocycles. The number of hydrogen-bond acceptors (Lipinski definition) is 3. The molecule has 15 heavy (non-hydrogen) atoms. The second-order valence-electron chi connectivity index (χ2n) is 4.29. The Hall–Kier alpha value is 0.01000. The first-order chi connectivity index (χ1) is 7.07. The molecule has 1 N–H and O–H groups in total. The van der Waals surface area contributed by atoms with Crippen molar-refractivity contribution < 1.29 is 0 Å². The minimum atomic E-state index is 0.338. The fraction of sp³-hybridized carbons (Fsp3) is 0.667. The molecule has 0 aliphatic carbocycles. The van der Waals surface area contributed by atoms with Crippen molar-refractivity contribution in [2.45, 2.75) is 38.5 Å². The number of nitrogens with one attached hydrogen (secondary N) is 1. The molecule has 0 spiro atoms. The lowest BCUT2D eigenvalue weighted by Crippen LogP contribution is -2.31. The molecule has 0 saturated carbocycles. The quantitative estimate of drug-likeness (QED) is 0.820. The zero-order valence-electron chi connectivity index (χ0n) is 10.1. The number of rotatable bonds is 6. The van der Waals surface area contributed by atoms with Gasteiger partial charge in [-0.3, -0.25) is 0 Å². The van der Waals surface area contributed by atoms with E-state index in [2.05, 4.69) is 44.5 Å². The summed E-state index contributed by atoms with van der Waals surface area (Å²) in [7, 11) is 0. The van der Waals surface area contributed by atoms with Gasteiger partial charge in [0.2, 0.25) is 0 Å². The molecule has 0 atom stereocenters. The topological polar surface area (TPSA) is 12.0 Å². The van der Waals surface area contributed by atoms with Crippen LogP contribution in [0, 0.1) is 0 Å². The summed E-state index contributed by atoms with van der Waals surface area (Å²) in [5.74, 6) is 0. The molecule has 0 aliphatic heterocycles. The second-order valence-corrected chi connectivity index (χ2v) is 7.06. The third-order valence-electron chi connectivity index (χ3n) is 2.47. The van der Waals surface area contributed by atoms with Crippen molar-refractivity contribution in [3.63, 3.8) is 0 Å². The van der Waals surface area contributed by atoms with Gasteiger partial charge in [-0.1, -0.05) is 6.92 Å². The number of thiophene rings is 1. The van der Waals surface area contributed by atoms with Crippen LogP contribution in [0.1, 0.15) is 30.5 Å². The van der Waals surface area contributed by atoms with Crippen LogP contribution in [0.4, 0.5) is 0 Å². The van der Waals surface area contributed by atoms with Crippen molar-refractivity contribution in [2.24, 2.45) is 0 Å². The maximum absolute atomic E-state index is 3.52. The van der Waals surface area contributed by atoms with Crippen LogP contribution in [-0.2, 0) is 13.0 Å². The maximum Gasteiger partial charge on any atom is 0.0300 e. The molecular formula is C12H21NS2. The minimum absolute atomic E-state index is 0.338. The van der Waals surface area contributed by atoms with Crippen molar-refractivity contribution in [1.82, 2.24) is 5.32 Å². The molecule has 1 heterocycles. The highest BCUT2D eigenvalue weighted by atomic mass is 32.2. The van der Waals surface area contributed by atoms with E-state index < -0.39 is 0 Å². The molecule has 0 aromatic carbocycles. The Labute approximate surface area is 102 Å². The van der Waals surface area contributed by atoms with Crippen LogP contribution in [0.3, 0.4) is 0 Å². The smallest absolute Gasteiger partial charge is 0.0300 e. The Kier molecular flexibility index (Phi) is 5.16. The fourth-order valence-corrected chi connectivity index (χ4v) is 2.44. The molecule has 1 aromatic rings. The standard InChI is InChI=1S/C12H21NS2/c1-5-10-6-7-11(15-10)8-13-9-12(2,3)14-4/h6-7,13H,5,8-9H2,1-4H3. The Morgan fingerprint density at radius 1 is 1.33 bits per heavy atom. The van der Waals surface area contributed by atoms with E-state index >= 15 is 0 Å². The van der Waals surface area contributed by atoms with Gasteiger partial charge in [-0.05, 0) is 38.7 Å². The van der Waals surface area contributed by atoms with Crippen molar-refractivity contribution in [3.05, 3.63) is 21.9 Å². The lowest BCUT2D eigenvalue weighted by Gasteiger charge is -2.22. The highest BCUT2D eigenvalue weighted by Crippen LogP contribution is 2.20. The van der Waals surface area contributed by atoms with E-state index in [-0.39, 0.29) is 0 Å². The third-order valence-corrected chi connectivity index (χ3v) is 4.95. The van der Waals surface area contributed by atoms with E-state index in [1.54, 1.807) is 0 Å². The molecule has 0 fully saturated rings. The number of aryl methyl sites for hydroxylation is 1. The van der Waals surface area contributed by atoms with E-state index in [0.29, 0.717) is 4.75 Å². The summed E-state index contributed by atoms with van der Waals surface area (Å²) in [6.07, 6.45) is 3.32. The molecule has 1 rings (SSSR count). The summed E-state index contributed by atoms with van der Waals surface area (Å²) in [4.78, 5) is 2.93. The molecule has 3 heteroatoms. The fourth-order valence-electron chi connectivity index (χ4n) is 1.27. The van der Waals surface area contributed by atoms with Gasteiger partial charge in [0.05, 0.1) is 0 Å². The summed E-state index contributed by atoms with van der Waals surface area (Å²) in [5.41, 5.74) is 0. The van der Waals surface area contributed by atoms with E-state index in [9.17, 15) is 0 Å². The molecule has 0 amide bonds. The average molecular weight is 243 g/mol. The summed E-state index contributed by atoms with van der Waals surface area (Å²) in [5, 5.41) is 3.52. The molecular weight excluding hydrogens is 222 g/mol. The van der Waals surface area contributed by atoms with Crippen molar-refractivity contribution in [1.29, 1.82) is 0 Å². The van der Waals surface area contributed by atoms with E-state index in [1.165, 1.54) is 9.75 Å². The van der Waals surface area contributed by atoms with Gasteiger partial charge in [0.25, 0.3) is 0 Å². The van der Waals surface area contributed by atoms with Gasteiger partial charge >= 0.3 is 0 Å². The predicted molar refractivity (Wildman–Crippen MR) is 73.0 cm³/mol. The summed E-state index contributed by atoms with van der Waals surface area (Å²) < 4.78 is 0.338. The zero-order valence-corrected chi connectivity index (χ0v) is 11.7. The van der Waals surface area contributed by atoms with Crippen LogP contribution in [0.5, 0.6) is 0 Å². The number of thioether (sulfide) groups is 1. The van der Waals surface area contributed by atoms with Crippen molar-refractivity contribution in [3.8, 4) is 0 Å². The first-order valence-electron chi connectivity index (χ1n) is 5.41. The third kappa shape index (κ3) is 4.58. The Bertz CT molecular complexity index is 292. The molecule has 0 radical (unpaired) electrons. The van der Waals surface area contributed by atoms with Crippen LogP contribution >= 0.6 is 23.1 Å². The SMILES string of the molecule is CCc1ccc(CNCC(C)(C)SC)s1. The van der Waals surface area contributed by atoms with Crippen LogP contribution in [-0.4, -0.2) is 17.5 Å². The molecule has 0 saturated heterocycles. The number of hydrogen-bond donors (Lipinski definition) is 1. The first-order valence-corrected chi connectivity index (χ1v) is 7.45. The van der Waals surface area contributed by atoms with Gasteiger partial charge in [-0.25, -0.2) is 0 Å². The molecule has 0 bridgehead atoms. The predicted octanol–water partition coefficient (Wildman–Crippen LogP) is 3.54. The monoisotopic (exact) mass is 243 g/mol. The van der Waals surface area contributed by atoms with E-state index in [1.807, 2.05) is 23.1 Å². The molecule has 1 nitrogen and oxygen atoms in total. The summed E-state index contributed by atoms with van der Waals surface area (Å²) >= 11 is 3.83. The minimum Gasteiger partial charge on any atom is -0.310 e.